The molecule has 0 spiro atoms. The van der Waals surface area contributed by atoms with Gasteiger partial charge in [-0.05, 0) is 0 Å². The van der Waals surface area contributed by atoms with Crippen molar-refractivity contribution in [1.82, 2.24) is 0 Å². The molecule has 0 rings (SSSR count). The Kier molecular flexibility index (Phi) is 3.98. The third-order valence-corrected chi connectivity index (χ3v) is 1.19. The van der Waals surface area contributed by atoms with E-state index < -0.39 is 34.9 Å². The molecule has 0 aromatic rings. The molecule has 7 heteroatoms. The highest BCUT2D eigenvalue weighted by atomic mass is 32.2. The van der Waals surface area contributed by atoms with E-state index in [-0.39, 0.29) is 0 Å². The lowest BCUT2D eigenvalue weighted by Crippen LogP contribution is -2.08. The van der Waals surface area contributed by atoms with Crippen LogP contribution in [0.5, 0.6) is 0 Å². The maximum absolute atomic E-state index is 10.4. The van der Waals surface area contributed by atoms with Gasteiger partial charge in [0.1, 0.15) is 0 Å². The molecule has 0 radical (unpaired) electrons. The van der Waals surface area contributed by atoms with Gasteiger partial charge >= 0.3 is 22.9 Å². The SMILES string of the molecule is C=C(CC(=O)O[SH](=O)=O)C(=O)O. The van der Waals surface area contributed by atoms with Crippen molar-refractivity contribution in [2.75, 3.05) is 0 Å². The first kappa shape index (κ1) is 10.6. The Bertz CT molecular complexity index is 280. The van der Waals surface area contributed by atoms with E-state index in [0.29, 0.717) is 0 Å². The zero-order valence-corrected chi connectivity index (χ0v) is 6.74. The van der Waals surface area contributed by atoms with E-state index in [1.807, 2.05) is 0 Å². The Hall–Kier alpha value is -1.37. The zero-order chi connectivity index (χ0) is 9.72. The maximum atomic E-state index is 10.4. The van der Waals surface area contributed by atoms with E-state index in [9.17, 15) is 18.0 Å². The molecule has 0 aliphatic rings. The van der Waals surface area contributed by atoms with Gasteiger partial charge < -0.3 is 9.29 Å². The van der Waals surface area contributed by atoms with Crippen LogP contribution in [0.2, 0.25) is 0 Å². The van der Waals surface area contributed by atoms with Crippen molar-refractivity contribution in [2.45, 2.75) is 6.42 Å². The summed E-state index contributed by atoms with van der Waals surface area (Å²) in [6, 6.07) is 0. The van der Waals surface area contributed by atoms with Crippen LogP contribution in [-0.2, 0) is 24.8 Å². The van der Waals surface area contributed by atoms with Crippen LogP contribution < -0.4 is 0 Å². The number of aliphatic carboxylic acids is 1. The topological polar surface area (TPSA) is 97.7 Å². The number of hydrogen-bond acceptors (Lipinski definition) is 5. The summed E-state index contributed by atoms with van der Waals surface area (Å²) in [5.41, 5.74) is -0.420. The van der Waals surface area contributed by atoms with Crippen molar-refractivity contribution in [3.63, 3.8) is 0 Å². The monoisotopic (exact) mass is 194 g/mol. The molecule has 12 heavy (non-hydrogen) atoms. The fourth-order valence-electron chi connectivity index (χ4n) is 0.365. The minimum Gasteiger partial charge on any atom is -0.478 e. The second-order valence-electron chi connectivity index (χ2n) is 1.77. The quantitative estimate of drug-likeness (QED) is 0.444. The highest BCUT2D eigenvalue weighted by Gasteiger charge is 2.11. The van der Waals surface area contributed by atoms with Crippen molar-refractivity contribution < 1.29 is 27.3 Å². The number of carboxylic acids is 1. The van der Waals surface area contributed by atoms with Crippen LogP contribution in [0.25, 0.3) is 0 Å². The van der Waals surface area contributed by atoms with Crippen molar-refractivity contribution in [2.24, 2.45) is 0 Å². The summed E-state index contributed by atoms with van der Waals surface area (Å²) in [5, 5.41) is 8.21. The van der Waals surface area contributed by atoms with Crippen molar-refractivity contribution in [3.8, 4) is 0 Å². The van der Waals surface area contributed by atoms with Gasteiger partial charge in [-0.25, -0.2) is 4.79 Å². The number of hydrogen-bond donors (Lipinski definition) is 2. The van der Waals surface area contributed by atoms with Gasteiger partial charge in [0.25, 0.3) is 0 Å². The van der Waals surface area contributed by atoms with Crippen LogP contribution in [0, 0.1) is 0 Å². The van der Waals surface area contributed by atoms with Crippen molar-refractivity contribution in [1.29, 1.82) is 0 Å². The third kappa shape index (κ3) is 4.45. The molecule has 0 fully saturated rings. The highest BCUT2D eigenvalue weighted by molar-refractivity contribution is 7.67. The van der Waals surface area contributed by atoms with Gasteiger partial charge in [-0.3, -0.25) is 4.79 Å². The van der Waals surface area contributed by atoms with Crippen molar-refractivity contribution in [3.05, 3.63) is 12.2 Å². The molecular weight excluding hydrogens is 188 g/mol. The minimum atomic E-state index is -3.27. The van der Waals surface area contributed by atoms with E-state index in [1.165, 1.54) is 0 Å². The first-order chi connectivity index (χ1) is 5.43. The fourth-order valence-corrected chi connectivity index (χ4v) is 0.596. The van der Waals surface area contributed by atoms with Crippen molar-refractivity contribution >= 4 is 22.9 Å². The molecule has 6 nitrogen and oxygen atoms in total. The molecule has 0 atom stereocenters. The van der Waals surface area contributed by atoms with E-state index in [4.69, 9.17) is 5.11 Å². The molecule has 0 bridgehead atoms. The molecule has 0 saturated heterocycles. The third-order valence-electron chi connectivity index (χ3n) is 0.837. The molecule has 1 N–H and O–H groups in total. The predicted octanol–water partition coefficient (Wildman–Crippen LogP) is -0.913. The van der Waals surface area contributed by atoms with E-state index in [1.54, 1.807) is 0 Å². The largest absolute Gasteiger partial charge is 0.478 e. The molecule has 0 aliphatic heterocycles. The summed E-state index contributed by atoms with van der Waals surface area (Å²) in [6.07, 6.45) is -0.640. The van der Waals surface area contributed by atoms with Crippen LogP contribution in [-0.4, -0.2) is 25.5 Å². The lowest BCUT2D eigenvalue weighted by Gasteiger charge is -1.95. The number of carbonyl (C=O) groups excluding carboxylic acids is 1. The van der Waals surface area contributed by atoms with Crippen LogP contribution in [0.1, 0.15) is 6.42 Å². The molecule has 0 heterocycles. The molecule has 0 unspecified atom stereocenters. The number of carboxylic acid groups (broad SMARTS) is 1. The Labute approximate surface area is 69.6 Å². The number of carbonyl (C=O) groups is 2. The lowest BCUT2D eigenvalue weighted by molar-refractivity contribution is -0.137. The van der Waals surface area contributed by atoms with Gasteiger partial charge in [0.15, 0.2) is 0 Å². The van der Waals surface area contributed by atoms with Crippen LogP contribution >= 0.6 is 0 Å². The van der Waals surface area contributed by atoms with Crippen LogP contribution in [0.15, 0.2) is 12.2 Å². The highest BCUT2D eigenvalue weighted by Crippen LogP contribution is 1.99. The number of thiol groups is 1. The van der Waals surface area contributed by atoms with Gasteiger partial charge in [0.05, 0.1) is 6.42 Å². The van der Waals surface area contributed by atoms with E-state index >= 15 is 0 Å². The molecule has 0 saturated carbocycles. The summed E-state index contributed by atoms with van der Waals surface area (Å²) in [7, 11) is -3.27. The Morgan fingerprint density at radius 2 is 1.92 bits per heavy atom. The Morgan fingerprint density at radius 1 is 1.42 bits per heavy atom. The summed E-state index contributed by atoms with van der Waals surface area (Å²) in [4.78, 5) is 20.5. The average Bonchev–Trinajstić information content (AvgIpc) is 1.84. The molecule has 0 amide bonds. The summed E-state index contributed by atoms with van der Waals surface area (Å²) in [5.74, 6) is -2.52. The second-order valence-corrected chi connectivity index (χ2v) is 2.40. The van der Waals surface area contributed by atoms with Crippen LogP contribution in [0.4, 0.5) is 0 Å². The molecule has 0 aromatic carbocycles. The van der Waals surface area contributed by atoms with Gasteiger partial charge in [0, 0.05) is 5.57 Å². The second kappa shape index (κ2) is 4.50. The Morgan fingerprint density at radius 3 is 2.25 bits per heavy atom. The molecule has 0 aliphatic carbocycles. The van der Waals surface area contributed by atoms with Gasteiger partial charge in [0.2, 0.25) is 0 Å². The minimum absolute atomic E-state index is 0.420. The number of rotatable bonds is 4. The van der Waals surface area contributed by atoms with Gasteiger partial charge in [-0.1, -0.05) is 6.58 Å². The zero-order valence-electron chi connectivity index (χ0n) is 5.85. The summed E-state index contributed by atoms with van der Waals surface area (Å²) in [6.45, 7) is 3.00. The summed E-state index contributed by atoms with van der Waals surface area (Å²) >= 11 is 0. The fraction of sp³-hybridized carbons (Fsp3) is 0.200. The smallest absolute Gasteiger partial charge is 0.331 e. The Balaban J connectivity index is 4.02. The molecule has 68 valence electrons. The van der Waals surface area contributed by atoms with Crippen LogP contribution in [0.3, 0.4) is 0 Å². The summed E-state index contributed by atoms with van der Waals surface area (Å²) < 4.78 is 23.2. The van der Waals surface area contributed by atoms with E-state index in [0.717, 1.165) is 0 Å². The normalized spacial score (nSPS) is 9.42. The predicted molar refractivity (Wildman–Crippen MR) is 37.8 cm³/mol. The standard InChI is InChI=1S/C5H6O6S/c1-3(5(7)8)2-4(6)11-12(9)10/h12H,1-2H2,(H,7,8). The van der Waals surface area contributed by atoms with Gasteiger partial charge in [-0.15, -0.1) is 0 Å². The first-order valence-electron chi connectivity index (χ1n) is 2.69. The molecular formula is C5H6O6S. The average molecular weight is 194 g/mol. The maximum Gasteiger partial charge on any atom is 0.331 e. The molecule has 0 aromatic heterocycles. The van der Waals surface area contributed by atoms with Gasteiger partial charge in [-0.2, -0.15) is 8.42 Å². The first-order valence-corrected chi connectivity index (χ1v) is 3.79. The van der Waals surface area contributed by atoms with E-state index in [2.05, 4.69) is 10.8 Å². The lowest BCUT2D eigenvalue weighted by atomic mass is 10.2.